The second kappa shape index (κ2) is 7.37. The average Bonchev–Trinajstić information content (AvgIpc) is 3.00. The van der Waals surface area contributed by atoms with Crippen molar-refractivity contribution in [1.82, 2.24) is 0 Å². The summed E-state index contributed by atoms with van der Waals surface area (Å²) in [5, 5.41) is 2.38. The van der Waals surface area contributed by atoms with Crippen LogP contribution in [0, 0.1) is 0 Å². The van der Waals surface area contributed by atoms with Gasteiger partial charge in [-0.1, -0.05) is 91.0 Å². The summed E-state index contributed by atoms with van der Waals surface area (Å²) in [6.45, 7) is 8.38. The normalized spacial score (nSPS) is 17.2. The number of hydrogen-bond donors (Lipinski definition) is 0. The number of rotatable bonds is 3. The second-order valence-corrected chi connectivity index (χ2v) is 9.28. The Labute approximate surface area is 185 Å². The molecule has 31 heavy (non-hydrogen) atoms. The van der Waals surface area contributed by atoms with Crippen molar-refractivity contribution in [1.29, 1.82) is 0 Å². The molecule has 0 aromatic heterocycles. The summed E-state index contributed by atoms with van der Waals surface area (Å²) in [6, 6.07) is 32.2. The highest BCUT2D eigenvalue weighted by Crippen LogP contribution is 2.38. The first-order valence-corrected chi connectivity index (χ1v) is 10.9. The van der Waals surface area contributed by atoms with E-state index in [0.717, 1.165) is 5.46 Å². The van der Waals surface area contributed by atoms with Crippen LogP contribution in [0.5, 0.6) is 0 Å². The van der Waals surface area contributed by atoms with E-state index in [2.05, 4.69) is 113 Å². The molecule has 0 unspecified atom stereocenters. The molecular formula is C28H27BO2. The topological polar surface area (TPSA) is 18.5 Å². The fraction of sp³-hybridized carbons (Fsp3) is 0.214. The SMILES string of the molecule is CC1(C)OB(c2ccc(-c3ccc(-c4ccccc4)cc3)c3ccccc23)OC1(C)C. The standard InChI is InChI=1S/C28H27BO2/c1-27(2)28(3,4)31-29(30-27)26-19-18-23(24-12-8-9-13-25(24)26)22-16-14-21(15-17-22)20-10-6-5-7-11-20/h5-19H,1-4H3. The van der Waals surface area contributed by atoms with Crippen LogP contribution in [0.2, 0.25) is 0 Å². The molecule has 154 valence electrons. The Morgan fingerprint density at radius 1 is 0.516 bits per heavy atom. The van der Waals surface area contributed by atoms with Gasteiger partial charge in [0.05, 0.1) is 11.2 Å². The van der Waals surface area contributed by atoms with Crippen LogP contribution >= 0.6 is 0 Å². The highest BCUT2D eigenvalue weighted by molar-refractivity contribution is 6.65. The Balaban J connectivity index is 1.56. The maximum atomic E-state index is 6.35. The van der Waals surface area contributed by atoms with Crippen LogP contribution in [0.3, 0.4) is 0 Å². The first-order valence-electron chi connectivity index (χ1n) is 10.9. The first kappa shape index (κ1) is 20.1. The highest BCUT2D eigenvalue weighted by Gasteiger charge is 2.52. The minimum atomic E-state index is -0.371. The van der Waals surface area contributed by atoms with Crippen molar-refractivity contribution in [3.8, 4) is 22.3 Å². The van der Waals surface area contributed by atoms with Gasteiger partial charge in [0.15, 0.2) is 0 Å². The predicted octanol–water partition coefficient (Wildman–Crippen LogP) is 6.47. The van der Waals surface area contributed by atoms with E-state index in [1.165, 1.54) is 33.0 Å². The Morgan fingerprint density at radius 2 is 1.03 bits per heavy atom. The molecule has 0 spiro atoms. The van der Waals surface area contributed by atoms with Gasteiger partial charge in [0.1, 0.15) is 0 Å². The van der Waals surface area contributed by atoms with Gasteiger partial charge in [-0.05, 0) is 66.2 Å². The minimum Gasteiger partial charge on any atom is -0.399 e. The van der Waals surface area contributed by atoms with Gasteiger partial charge in [-0.3, -0.25) is 0 Å². The monoisotopic (exact) mass is 406 g/mol. The lowest BCUT2D eigenvalue weighted by Gasteiger charge is -2.32. The molecule has 1 aliphatic rings. The fourth-order valence-corrected chi connectivity index (χ4v) is 4.22. The van der Waals surface area contributed by atoms with E-state index in [1.807, 2.05) is 6.07 Å². The van der Waals surface area contributed by atoms with Crippen LogP contribution in [0.25, 0.3) is 33.0 Å². The molecule has 4 aromatic rings. The third-order valence-electron chi connectivity index (χ3n) is 6.77. The number of hydrogen-bond acceptors (Lipinski definition) is 2. The lowest BCUT2D eigenvalue weighted by molar-refractivity contribution is 0.00578. The molecule has 0 amide bonds. The van der Waals surface area contributed by atoms with E-state index in [0.29, 0.717) is 0 Å². The van der Waals surface area contributed by atoms with Gasteiger partial charge in [-0.15, -0.1) is 0 Å². The largest absolute Gasteiger partial charge is 0.495 e. The fourth-order valence-electron chi connectivity index (χ4n) is 4.22. The van der Waals surface area contributed by atoms with E-state index in [-0.39, 0.29) is 18.3 Å². The summed E-state index contributed by atoms with van der Waals surface area (Å²) in [5.74, 6) is 0. The Kier molecular flexibility index (Phi) is 4.77. The van der Waals surface area contributed by atoms with Crippen LogP contribution in [0.15, 0.2) is 91.0 Å². The molecule has 1 aliphatic heterocycles. The van der Waals surface area contributed by atoms with E-state index in [1.54, 1.807) is 0 Å². The van der Waals surface area contributed by atoms with Gasteiger partial charge >= 0.3 is 7.12 Å². The third kappa shape index (κ3) is 3.48. The summed E-state index contributed by atoms with van der Waals surface area (Å²) in [6.07, 6.45) is 0. The highest BCUT2D eigenvalue weighted by atomic mass is 16.7. The third-order valence-corrected chi connectivity index (χ3v) is 6.77. The molecule has 0 bridgehead atoms. The van der Waals surface area contributed by atoms with E-state index in [4.69, 9.17) is 9.31 Å². The lowest BCUT2D eigenvalue weighted by Crippen LogP contribution is -2.41. The van der Waals surface area contributed by atoms with Gasteiger partial charge in [0.2, 0.25) is 0 Å². The zero-order valence-corrected chi connectivity index (χ0v) is 18.6. The van der Waals surface area contributed by atoms with Crippen molar-refractivity contribution in [2.45, 2.75) is 38.9 Å². The lowest BCUT2D eigenvalue weighted by atomic mass is 9.75. The summed E-state index contributed by atoms with van der Waals surface area (Å²) < 4.78 is 12.7. The van der Waals surface area contributed by atoms with E-state index in [9.17, 15) is 0 Å². The van der Waals surface area contributed by atoms with Crippen LogP contribution in [-0.2, 0) is 9.31 Å². The maximum absolute atomic E-state index is 6.35. The zero-order chi connectivity index (χ0) is 21.6. The van der Waals surface area contributed by atoms with Crippen molar-refractivity contribution in [3.63, 3.8) is 0 Å². The Bertz CT molecular complexity index is 1210. The molecule has 1 fully saturated rings. The summed E-state index contributed by atoms with van der Waals surface area (Å²) in [7, 11) is -0.371. The molecule has 1 saturated heterocycles. The van der Waals surface area contributed by atoms with Gasteiger partial charge in [-0.2, -0.15) is 0 Å². The smallest absolute Gasteiger partial charge is 0.399 e. The molecule has 2 nitrogen and oxygen atoms in total. The molecule has 0 aliphatic carbocycles. The molecule has 0 saturated carbocycles. The van der Waals surface area contributed by atoms with E-state index >= 15 is 0 Å². The molecule has 0 radical (unpaired) electrons. The van der Waals surface area contributed by atoms with Gasteiger partial charge in [-0.25, -0.2) is 0 Å². The summed E-state index contributed by atoms with van der Waals surface area (Å²) in [4.78, 5) is 0. The van der Waals surface area contributed by atoms with Crippen LogP contribution in [-0.4, -0.2) is 18.3 Å². The average molecular weight is 406 g/mol. The molecule has 4 aromatic carbocycles. The maximum Gasteiger partial charge on any atom is 0.495 e. The Hall–Kier alpha value is -2.88. The number of fused-ring (bicyclic) bond motifs is 1. The predicted molar refractivity (Wildman–Crippen MR) is 131 cm³/mol. The summed E-state index contributed by atoms with van der Waals surface area (Å²) >= 11 is 0. The van der Waals surface area contributed by atoms with Crippen molar-refractivity contribution >= 4 is 23.4 Å². The van der Waals surface area contributed by atoms with Crippen LogP contribution < -0.4 is 5.46 Å². The van der Waals surface area contributed by atoms with Crippen LogP contribution in [0.4, 0.5) is 0 Å². The molecule has 0 atom stereocenters. The quantitative estimate of drug-likeness (QED) is 0.363. The van der Waals surface area contributed by atoms with Gasteiger partial charge in [0, 0.05) is 0 Å². The van der Waals surface area contributed by atoms with Crippen LogP contribution in [0.1, 0.15) is 27.7 Å². The molecule has 3 heteroatoms. The zero-order valence-electron chi connectivity index (χ0n) is 18.6. The minimum absolute atomic E-state index is 0.356. The first-order chi connectivity index (χ1) is 14.9. The van der Waals surface area contributed by atoms with Gasteiger partial charge < -0.3 is 9.31 Å². The van der Waals surface area contributed by atoms with Crippen molar-refractivity contribution in [2.75, 3.05) is 0 Å². The Morgan fingerprint density at radius 3 is 1.68 bits per heavy atom. The molecule has 5 rings (SSSR count). The van der Waals surface area contributed by atoms with Crippen molar-refractivity contribution in [3.05, 3.63) is 91.0 Å². The molecule has 0 N–H and O–H groups in total. The summed E-state index contributed by atoms with van der Waals surface area (Å²) in [5.41, 5.74) is 5.25. The van der Waals surface area contributed by atoms with Crippen molar-refractivity contribution in [2.24, 2.45) is 0 Å². The second-order valence-electron chi connectivity index (χ2n) is 9.28. The van der Waals surface area contributed by atoms with Gasteiger partial charge in [0.25, 0.3) is 0 Å². The van der Waals surface area contributed by atoms with E-state index < -0.39 is 0 Å². The van der Waals surface area contributed by atoms with Crippen molar-refractivity contribution < 1.29 is 9.31 Å². The molecule has 1 heterocycles. The molecular weight excluding hydrogens is 379 g/mol. The number of benzene rings is 4.